The molecule has 11 nitrogen and oxygen atoms in total. The van der Waals surface area contributed by atoms with E-state index in [-0.39, 0.29) is 54.5 Å². The number of carbonyl (C=O) groups excluding carboxylic acids is 1. The van der Waals surface area contributed by atoms with Crippen molar-refractivity contribution in [3.8, 4) is 0 Å². The molecule has 1 aromatic carbocycles. The van der Waals surface area contributed by atoms with Crippen LogP contribution in [0.4, 0.5) is 4.79 Å². The second kappa shape index (κ2) is 10.8. The van der Waals surface area contributed by atoms with Crippen LogP contribution in [0.25, 0.3) is 0 Å². The molecule has 0 aromatic heterocycles. The molecule has 2 aliphatic rings. The molecule has 196 valence electrons. The lowest BCUT2D eigenvalue weighted by molar-refractivity contribution is -0.141. The third-order valence-corrected chi connectivity index (χ3v) is 10.7. The molecular formula is C22H34N4O7S2. The SMILES string of the molecule is CCN(CC)S(=O)(=O)c1ccc(S(=O)(=O)N2CCC[C@@H](C(=O)N3CCN(C(=O)O)C[C@@H]3C)C2)cc1. The van der Waals surface area contributed by atoms with E-state index in [1.54, 1.807) is 25.7 Å². The molecule has 3 rings (SSSR count). The molecule has 35 heavy (non-hydrogen) atoms. The average molecular weight is 531 g/mol. The zero-order chi connectivity index (χ0) is 26.0. The van der Waals surface area contributed by atoms with E-state index in [1.807, 2.05) is 0 Å². The van der Waals surface area contributed by atoms with Gasteiger partial charge in [0, 0.05) is 51.9 Å². The van der Waals surface area contributed by atoms with E-state index < -0.39 is 32.1 Å². The van der Waals surface area contributed by atoms with Crippen molar-refractivity contribution < 1.29 is 31.5 Å². The lowest BCUT2D eigenvalue weighted by Gasteiger charge is -2.41. The third kappa shape index (κ3) is 5.63. The fourth-order valence-corrected chi connectivity index (χ4v) is 7.68. The molecule has 0 saturated carbocycles. The molecule has 1 N–H and O–H groups in total. The summed E-state index contributed by atoms with van der Waals surface area (Å²) in [6.07, 6.45) is 0.0560. The topological polar surface area (TPSA) is 136 Å². The van der Waals surface area contributed by atoms with E-state index in [9.17, 15) is 31.5 Å². The Hall–Kier alpha value is -2.22. The standard InChI is InChI=1S/C22H34N4O7S2/c1-4-24(5-2)34(30,31)19-8-10-20(11-9-19)35(32,33)25-12-6-7-18(16-25)21(27)26-14-13-23(22(28)29)15-17(26)3/h8-11,17-18H,4-7,12-16H2,1-3H3,(H,28,29)/t17-,18+/m0/s1. The number of nitrogens with zero attached hydrogens (tertiary/aromatic N) is 4. The molecule has 0 spiro atoms. The highest BCUT2D eigenvalue weighted by molar-refractivity contribution is 7.89. The van der Waals surface area contributed by atoms with Crippen molar-refractivity contribution in [1.82, 2.24) is 18.4 Å². The van der Waals surface area contributed by atoms with E-state index >= 15 is 0 Å². The van der Waals surface area contributed by atoms with Crippen LogP contribution in [0, 0.1) is 5.92 Å². The smallest absolute Gasteiger partial charge is 0.407 e. The normalized spacial score (nSPS) is 22.4. The van der Waals surface area contributed by atoms with E-state index in [0.29, 0.717) is 25.9 Å². The minimum Gasteiger partial charge on any atom is -0.465 e. The highest BCUT2D eigenvalue weighted by atomic mass is 32.2. The average Bonchev–Trinajstić information content (AvgIpc) is 2.84. The van der Waals surface area contributed by atoms with Gasteiger partial charge in [0.2, 0.25) is 26.0 Å². The van der Waals surface area contributed by atoms with Crippen LogP contribution < -0.4 is 0 Å². The van der Waals surface area contributed by atoms with Gasteiger partial charge in [-0.1, -0.05) is 13.8 Å². The Labute approximate surface area is 207 Å². The van der Waals surface area contributed by atoms with Crippen LogP contribution in [0.2, 0.25) is 0 Å². The van der Waals surface area contributed by atoms with Crippen LogP contribution >= 0.6 is 0 Å². The number of piperazine rings is 1. The summed E-state index contributed by atoms with van der Waals surface area (Å²) in [5.41, 5.74) is 0. The molecule has 0 aliphatic carbocycles. The highest BCUT2D eigenvalue weighted by Crippen LogP contribution is 2.27. The number of carbonyl (C=O) groups is 2. The van der Waals surface area contributed by atoms with Crippen molar-refractivity contribution in [3.63, 3.8) is 0 Å². The summed E-state index contributed by atoms with van der Waals surface area (Å²) in [5.74, 6) is -0.678. The minimum atomic E-state index is -3.92. The fourth-order valence-electron chi connectivity index (χ4n) is 4.70. The molecule has 2 heterocycles. The predicted molar refractivity (Wildman–Crippen MR) is 129 cm³/mol. The lowest BCUT2D eigenvalue weighted by Crippen LogP contribution is -2.57. The first-order chi connectivity index (χ1) is 16.4. The Balaban J connectivity index is 1.73. The summed E-state index contributed by atoms with van der Waals surface area (Å²) >= 11 is 0. The Kier molecular flexibility index (Phi) is 8.45. The molecule has 2 aliphatic heterocycles. The van der Waals surface area contributed by atoms with E-state index in [2.05, 4.69) is 0 Å². The van der Waals surface area contributed by atoms with Gasteiger partial charge in [0.25, 0.3) is 0 Å². The van der Waals surface area contributed by atoms with Crippen LogP contribution in [0.3, 0.4) is 0 Å². The second-order valence-electron chi connectivity index (χ2n) is 8.87. The van der Waals surface area contributed by atoms with Crippen molar-refractivity contribution in [2.45, 2.75) is 49.4 Å². The first kappa shape index (κ1) is 27.4. The summed E-state index contributed by atoms with van der Waals surface area (Å²) in [6, 6.07) is 4.90. The summed E-state index contributed by atoms with van der Waals surface area (Å²) in [4.78, 5) is 27.3. The van der Waals surface area contributed by atoms with Gasteiger partial charge in [-0.25, -0.2) is 21.6 Å². The Bertz CT molecular complexity index is 1130. The Morgan fingerprint density at radius 1 is 0.971 bits per heavy atom. The Morgan fingerprint density at radius 2 is 1.57 bits per heavy atom. The summed E-state index contributed by atoms with van der Waals surface area (Å²) in [7, 11) is -7.62. The molecule has 1 aromatic rings. The molecular weight excluding hydrogens is 496 g/mol. The molecule has 0 bridgehead atoms. The molecule has 2 amide bonds. The van der Waals surface area contributed by atoms with Gasteiger partial charge < -0.3 is 14.9 Å². The number of benzene rings is 1. The van der Waals surface area contributed by atoms with Crippen molar-refractivity contribution in [1.29, 1.82) is 0 Å². The van der Waals surface area contributed by atoms with Gasteiger partial charge in [-0.2, -0.15) is 8.61 Å². The quantitative estimate of drug-likeness (QED) is 0.562. The van der Waals surface area contributed by atoms with Crippen LogP contribution in [-0.2, 0) is 24.8 Å². The van der Waals surface area contributed by atoms with Gasteiger partial charge in [0.15, 0.2) is 0 Å². The first-order valence-corrected chi connectivity index (χ1v) is 14.7. The number of amides is 2. The third-order valence-electron chi connectivity index (χ3n) is 6.72. The summed E-state index contributed by atoms with van der Waals surface area (Å²) < 4.78 is 54.6. The van der Waals surface area contributed by atoms with Crippen molar-refractivity contribution in [2.75, 3.05) is 45.8 Å². The summed E-state index contributed by atoms with van der Waals surface area (Å²) in [6.45, 7) is 6.91. The largest absolute Gasteiger partial charge is 0.465 e. The van der Waals surface area contributed by atoms with Crippen LogP contribution in [0.5, 0.6) is 0 Å². The van der Waals surface area contributed by atoms with Gasteiger partial charge >= 0.3 is 6.09 Å². The van der Waals surface area contributed by atoms with Gasteiger partial charge in [-0.05, 0) is 44.0 Å². The number of carboxylic acid groups (broad SMARTS) is 1. The maximum absolute atomic E-state index is 13.3. The number of sulfonamides is 2. The number of piperidine rings is 1. The van der Waals surface area contributed by atoms with Crippen molar-refractivity contribution in [2.24, 2.45) is 5.92 Å². The summed E-state index contributed by atoms with van der Waals surface area (Å²) in [5, 5.41) is 9.19. The molecule has 13 heteroatoms. The van der Waals surface area contributed by atoms with Crippen molar-refractivity contribution in [3.05, 3.63) is 24.3 Å². The maximum Gasteiger partial charge on any atom is 0.407 e. The van der Waals surface area contributed by atoms with E-state index in [1.165, 1.54) is 37.8 Å². The number of hydrogen-bond acceptors (Lipinski definition) is 6. The zero-order valence-corrected chi connectivity index (χ0v) is 22.0. The van der Waals surface area contributed by atoms with Gasteiger partial charge in [0.1, 0.15) is 0 Å². The van der Waals surface area contributed by atoms with Crippen molar-refractivity contribution >= 4 is 32.0 Å². The number of rotatable bonds is 7. The monoisotopic (exact) mass is 530 g/mol. The lowest BCUT2D eigenvalue weighted by atomic mass is 9.97. The van der Waals surface area contributed by atoms with E-state index in [0.717, 1.165) is 0 Å². The van der Waals surface area contributed by atoms with Crippen LogP contribution in [0.15, 0.2) is 34.1 Å². The predicted octanol–water partition coefficient (Wildman–Crippen LogP) is 1.33. The maximum atomic E-state index is 13.3. The van der Waals surface area contributed by atoms with Crippen LogP contribution in [-0.4, -0.2) is 104 Å². The van der Waals surface area contributed by atoms with Crippen LogP contribution in [0.1, 0.15) is 33.6 Å². The van der Waals surface area contributed by atoms with Gasteiger partial charge in [-0.3, -0.25) is 4.79 Å². The molecule has 2 fully saturated rings. The Morgan fingerprint density at radius 3 is 2.11 bits per heavy atom. The second-order valence-corrected chi connectivity index (χ2v) is 12.7. The zero-order valence-electron chi connectivity index (χ0n) is 20.3. The minimum absolute atomic E-state index is 0.0208. The first-order valence-electron chi connectivity index (χ1n) is 11.8. The number of hydrogen-bond donors (Lipinski definition) is 1. The van der Waals surface area contributed by atoms with Gasteiger partial charge in [-0.15, -0.1) is 0 Å². The molecule has 0 radical (unpaired) electrons. The highest BCUT2D eigenvalue weighted by Gasteiger charge is 2.38. The fraction of sp³-hybridized carbons (Fsp3) is 0.636. The van der Waals surface area contributed by atoms with Gasteiger partial charge in [0.05, 0.1) is 15.7 Å². The van der Waals surface area contributed by atoms with E-state index in [4.69, 9.17) is 0 Å². The molecule has 2 atom stereocenters. The molecule has 0 unspecified atom stereocenters. The molecule has 2 saturated heterocycles.